The molecular weight excluding hydrogens is 368 g/mol. The van der Waals surface area contributed by atoms with Crippen molar-refractivity contribution in [1.29, 1.82) is 0 Å². The van der Waals surface area contributed by atoms with Crippen LogP contribution in [-0.2, 0) is 9.53 Å². The molecule has 1 aromatic rings. The maximum atomic E-state index is 12.4. The number of thioether (sulfide) groups is 1. The number of ether oxygens (including phenoxy) is 4. The molecule has 2 aliphatic heterocycles. The number of rotatable bonds is 4. The molecule has 2 heterocycles. The molecule has 0 N–H and O–H groups in total. The zero-order chi connectivity index (χ0) is 19.6. The van der Waals surface area contributed by atoms with Gasteiger partial charge >= 0.3 is 0 Å². The fraction of sp³-hybridized carbons (Fsp3) is 0.474. The summed E-state index contributed by atoms with van der Waals surface area (Å²) in [6.45, 7) is 5.48. The van der Waals surface area contributed by atoms with Crippen LogP contribution in [0.3, 0.4) is 0 Å². The van der Waals surface area contributed by atoms with Gasteiger partial charge in [-0.25, -0.2) is 0 Å². The second kappa shape index (κ2) is 8.22. The Hall–Kier alpha value is -2.19. The zero-order valence-corrected chi connectivity index (χ0v) is 17.0. The maximum Gasteiger partial charge on any atom is 0.286 e. The summed E-state index contributed by atoms with van der Waals surface area (Å²) in [6, 6.07) is 3.53. The second-order valence-electron chi connectivity index (χ2n) is 6.42. The Morgan fingerprint density at radius 1 is 1.07 bits per heavy atom. The van der Waals surface area contributed by atoms with Crippen LogP contribution in [0.5, 0.6) is 17.2 Å². The van der Waals surface area contributed by atoms with Gasteiger partial charge in [0.05, 0.1) is 38.4 Å². The van der Waals surface area contributed by atoms with Crippen LogP contribution in [-0.4, -0.2) is 62.6 Å². The zero-order valence-electron chi connectivity index (χ0n) is 16.1. The van der Waals surface area contributed by atoms with E-state index in [2.05, 4.69) is 9.89 Å². The Morgan fingerprint density at radius 2 is 1.67 bits per heavy atom. The molecule has 1 amide bonds. The summed E-state index contributed by atoms with van der Waals surface area (Å²) in [5.41, 5.74) is 0.728. The molecule has 1 fully saturated rings. The standard InChI is InChI=1S/C19H24N2O5S/c1-11-9-21(10-12(2)26-11)19-20-18(22)17(27-19)7-13-6-15(24-4)16(25-5)8-14(13)23-3/h6-8,11-12H,9-10H2,1-5H3/b17-7-/t11-,12-/m1/s1. The van der Waals surface area contributed by atoms with Crippen LogP contribution in [0.4, 0.5) is 0 Å². The van der Waals surface area contributed by atoms with Gasteiger partial charge in [0.1, 0.15) is 5.75 Å². The van der Waals surface area contributed by atoms with Crippen LogP contribution >= 0.6 is 11.8 Å². The molecule has 3 rings (SSSR count). The van der Waals surface area contributed by atoms with Crippen LogP contribution in [0, 0.1) is 0 Å². The van der Waals surface area contributed by atoms with Gasteiger partial charge in [0.2, 0.25) is 0 Å². The van der Waals surface area contributed by atoms with Gasteiger partial charge in [-0.15, -0.1) is 0 Å². The summed E-state index contributed by atoms with van der Waals surface area (Å²) in [7, 11) is 4.71. The van der Waals surface area contributed by atoms with Gasteiger partial charge in [0.25, 0.3) is 5.91 Å². The third kappa shape index (κ3) is 4.22. The molecule has 0 aromatic heterocycles. The SMILES string of the molecule is COc1cc(OC)c(OC)cc1/C=C1\SC(N2C[C@@H](C)O[C@H](C)C2)=NC1=O. The van der Waals surface area contributed by atoms with E-state index in [1.165, 1.54) is 11.8 Å². The number of aliphatic imine (C=N–C) groups is 1. The molecule has 2 atom stereocenters. The van der Waals surface area contributed by atoms with E-state index >= 15 is 0 Å². The van der Waals surface area contributed by atoms with E-state index in [1.54, 1.807) is 39.5 Å². The third-order valence-electron chi connectivity index (χ3n) is 4.32. The summed E-state index contributed by atoms with van der Waals surface area (Å²) >= 11 is 1.37. The lowest BCUT2D eigenvalue weighted by Gasteiger charge is -2.35. The van der Waals surface area contributed by atoms with Crippen molar-refractivity contribution in [2.75, 3.05) is 34.4 Å². The highest BCUT2D eigenvalue weighted by molar-refractivity contribution is 8.18. The Balaban J connectivity index is 1.86. The summed E-state index contributed by atoms with van der Waals surface area (Å²) in [5.74, 6) is 1.47. The van der Waals surface area contributed by atoms with Crippen molar-refractivity contribution in [2.24, 2.45) is 4.99 Å². The number of amides is 1. The van der Waals surface area contributed by atoms with Crippen molar-refractivity contribution in [3.63, 3.8) is 0 Å². The molecule has 0 saturated carbocycles. The third-order valence-corrected chi connectivity index (χ3v) is 5.37. The lowest BCUT2D eigenvalue weighted by atomic mass is 10.1. The number of hydrogen-bond donors (Lipinski definition) is 0. The van der Waals surface area contributed by atoms with Gasteiger partial charge in [-0.3, -0.25) is 4.79 Å². The molecule has 2 aliphatic rings. The van der Waals surface area contributed by atoms with Crippen molar-refractivity contribution in [3.05, 3.63) is 22.6 Å². The Labute approximate surface area is 163 Å². The van der Waals surface area contributed by atoms with E-state index in [4.69, 9.17) is 18.9 Å². The fourth-order valence-corrected chi connectivity index (χ4v) is 4.10. The highest BCUT2D eigenvalue weighted by Crippen LogP contribution is 2.38. The average molecular weight is 392 g/mol. The monoisotopic (exact) mass is 392 g/mol. The second-order valence-corrected chi connectivity index (χ2v) is 7.43. The lowest BCUT2D eigenvalue weighted by molar-refractivity contribution is -0.113. The summed E-state index contributed by atoms with van der Waals surface area (Å²) in [5, 5.41) is 0.715. The van der Waals surface area contributed by atoms with Gasteiger partial charge in [-0.1, -0.05) is 0 Å². The maximum absolute atomic E-state index is 12.4. The summed E-state index contributed by atoms with van der Waals surface area (Å²) in [4.78, 5) is 19.3. The number of carbonyl (C=O) groups is 1. The van der Waals surface area contributed by atoms with Gasteiger partial charge < -0.3 is 23.8 Å². The van der Waals surface area contributed by atoms with Crippen molar-refractivity contribution in [1.82, 2.24) is 4.90 Å². The van der Waals surface area contributed by atoms with E-state index in [-0.39, 0.29) is 18.1 Å². The van der Waals surface area contributed by atoms with Crippen molar-refractivity contribution in [3.8, 4) is 17.2 Å². The van der Waals surface area contributed by atoms with Gasteiger partial charge in [0.15, 0.2) is 16.7 Å². The first-order valence-corrected chi connectivity index (χ1v) is 9.49. The predicted molar refractivity (Wildman–Crippen MR) is 106 cm³/mol. The number of methoxy groups -OCH3 is 3. The van der Waals surface area contributed by atoms with Crippen LogP contribution in [0.2, 0.25) is 0 Å². The van der Waals surface area contributed by atoms with Crippen LogP contribution in [0.1, 0.15) is 19.4 Å². The number of benzene rings is 1. The fourth-order valence-electron chi connectivity index (χ4n) is 3.17. The molecule has 0 aliphatic carbocycles. The minimum Gasteiger partial charge on any atom is -0.496 e. The summed E-state index contributed by atoms with van der Waals surface area (Å²) in [6.07, 6.45) is 1.98. The molecule has 8 heteroatoms. The molecule has 0 radical (unpaired) electrons. The van der Waals surface area contributed by atoms with Crippen molar-refractivity contribution < 1.29 is 23.7 Å². The topological polar surface area (TPSA) is 69.6 Å². The van der Waals surface area contributed by atoms with Gasteiger partial charge in [-0.05, 0) is 37.8 Å². The Bertz CT molecular complexity index is 783. The summed E-state index contributed by atoms with van der Waals surface area (Å²) < 4.78 is 21.9. The van der Waals surface area contributed by atoms with Crippen molar-refractivity contribution in [2.45, 2.75) is 26.1 Å². The quantitative estimate of drug-likeness (QED) is 0.730. The van der Waals surface area contributed by atoms with E-state index in [9.17, 15) is 4.79 Å². The number of morpholine rings is 1. The Morgan fingerprint density at radius 3 is 2.26 bits per heavy atom. The van der Waals surface area contributed by atoms with E-state index in [0.717, 1.165) is 18.7 Å². The number of hydrogen-bond acceptors (Lipinski definition) is 7. The molecule has 0 unspecified atom stereocenters. The van der Waals surface area contributed by atoms with Gasteiger partial charge in [-0.2, -0.15) is 4.99 Å². The van der Waals surface area contributed by atoms with Crippen LogP contribution in [0.25, 0.3) is 6.08 Å². The first-order valence-electron chi connectivity index (χ1n) is 8.68. The van der Waals surface area contributed by atoms with Crippen LogP contribution < -0.4 is 14.2 Å². The minimum atomic E-state index is -0.251. The minimum absolute atomic E-state index is 0.103. The molecular formula is C19H24N2O5S. The highest BCUT2D eigenvalue weighted by Gasteiger charge is 2.31. The molecule has 1 saturated heterocycles. The normalized spacial score (nSPS) is 24.2. The Kier molecular flexibility index (Phi) is 5.96. The van der Waals surface area contributed by atoms with Crippen molar-refractivity contribution >= 4 is 28.9 Å². The molecule has 0 bridgehead atoms. The van der Waals surface area contributed by atoms with E-state index in [0.29, 0.717) is 27.3 Å². The molecule has 27 heavy (non-hydrogen) atoms. The first kappa shape index (κ1) is 19.6. The largest absolute Gasteiger partial charge is 0.496 e. The van der Waals surface area contributed by atoms with Crippen LogP contribution in [0.15, 0.2) is 22.0 Å². The number of carbonyl (C=O) groups excluding carboxylic acids is 1. The smallest absolute Gasteiger partial charge is 0.286 e. The lowest BCUT2D eigenvalue weighted by Crippen LogP contribution is -2.47. The van der Waals surface area contributed by atoms with E-state index in [1.807, 2.05) is 13.8 Å². The molecule has 146 valence electrons. The average Bonchev–Trinajstić information content (AvgIpc) is 3.01. The molecule has 7 nitrogen and oxygen atoms in total. The molecule has 1 aromatic carbocycles. The first-order chi connectivity index (χ1) is 12.9. The predicted octanol–water partition coefficient (Wildman–Crippen LogP) is 2.79. The molecule has 0 spiro atoms. The number of amidine groups is 1. The highest BCUT2D eigenvalue weighted by atomic mass is 32.2. The van der Waals surface area contributed by atoms with E-state index < -0.39 is 0 Å². The van der Waals surface area contributed by atoms with Gasteiger partial charge in [0, 0.05) is 24.7 Å². The number of nitrogens with zero attached hydrogens (tertiary/aromatic N) is 2.